The van der Waals surface area contributed by atoms with E-state index in [1.165, 1.54) is 0 Å². The molecule has 0 amide bonds. The van der Waals surface area contributed by atoms with E-state index >= 15 is 0 Å². The molecule has 0 aliphatic heterocycles. The van der Waals surface area contributed by atoms with Crippen LogP contribution in [0.4, 0.5) is 0 Å². The van der Waals surface area contributed by atoms with Crippen molar-refractivity contribution in [3.8, 4) is 17.0 Å². The van der Waals surface area contributed by atoms with Gasteiger partial charge in [-0.25, -0.2) is 5.10 Å². The van der Waals surface area contributed by atoms with Crippen molar-refractivity contribution >= 4 is 10.8 Å². The topological polar surface area (TPSA) is 67.9 Å². The lowest BCUT2D eigenvalue weighted by molar-refractivity contribution is 0.241. The minimum absolute atomic E-state index is 0.0716. The fourth-order valence-corrected chi connectivity index (χ4v) is 2.22. The van der Waals surface area contributed by atoms with Crippen molar-refractivity contribution in [1.29, 1.82) is 0 Å². The molecule has 5 nitrogen and oxygen atoms in total. The molecule has 0 aliphatic carbocycles. The molecule has 0 spiro atoms. The molecule has 3 rings (SSSR count). The van der Waals surface area contributed by atoms with E-state index in [0.717, 1.165) is 10.9 Å². The van der Waals surface area contributed by atoms with Crippen LogP contribution in [0.3, 0.4) is 0 Å². The van der Waals surface area contributed by atoms with E-state index < -0.39 is 0 Å². The van der Waals surface area contributed by atoms with Crippen molar-refractivity contribution in [1.82, 2.24) is 15.2 Å². The minimum Gasteiger partial charge on any atom is -0.489 e. The van der Waals surface area contributed by atoms with E-state index in [4.69, 9.17) is 4.74 Å². The average molecular weight is 281 g/mol. The Kier molecular flexibility index (Phi) is 3.39. The van der Waals surface area contributed by atoms with Gasteiger partial charge >= 0.3 is 0 Å². The number of pyridine rings is 1. The molecule has 0 radical (unpaired) electrons. The zero-order valence-corrected chi connectivity index (χ0v) is 11.8. The molecule has 21 heavy (non-hydrogen) atoms. The van der Waals surface area contributed by atoms with Gasteiger partial charge in [-0.1, -0.05) is 18.2 Å². The number of rotatable bonds is 3. The predicted octanol–water partition coefficient (Wildman–Crippen LogP) is 2.77. The van der Waals surface area contributed by atoms with E-state index in [2.05, 4.69) is 15.2 Å². The van der Waals surface area contributed by atoms with Crippen LogP contribution in [-0.2, 0) is 0 Å². The van der Waals surface area contributed by atoms with Crippen LogP contribution in [0.5, 0.6) is 5.75 Å². The zero-order chi connectivity index (χ0) is 14.8. The quantitative estimate of drug-likeness (QED) is 0.801. The highest BCUT2D eigenvalue weighted by Crippen LogP contribution is 2.26. The monoisotopic (exact) mass is 281 g/mol. The van der Waals surface area contributed by atoms with Gasteiger partial charge in [0.15, 0.2) is 0 Å². The summed E-state index contributed by atoms with van der Waals surface area (Å²) >= 11 is 0. The highest BCUT2D eigenvalue weighted by Gasteiger charge is 2.10. The maximum Gasteiger partial charge on any atom is 0.272 e. The number of nitrogens with one attached hydrogen (secondary N) is 1. The summed E-state index contributed by atoms with van der Waals surface area (Å²) in [4.78, 5) is 16.0. The number of aromatic nitrogens is 3. The molecule has 1 N–H and O–H groups in total. The smallest absolute Gasteiger partial charge is 0.272 e. The van der Waals surface area contributed by atoms with Crippen LogP contribution in [0.25, 0.3) is 22.0 Å². The molecular weight excluding hydrogens is 266 g/mol. The summed E-state index contributed by atoms with van der Waals surface area (Å²) in [5.41, 5.74) is 1.30. The van der Waals surface area contributed by atoms with E-state index in [0.29, 0.717) is 16.8 Å². The molecule has 0 bridgehead atoms. The van der Waals surface area contributed by atoms with Gasteiger partial charge in [0.1, 0.15) is 11.4 Å². The van der Waals surface area contributed by atoms with Crippen LogP contribution < -0.4 is 10.3 Å². The molecule has 2 aromatic heterocycles. The Hall–Kier alpha value is -2.69. The average Bonchev–Trinajstić information content (AvgIpc) is 2.47. The maximum absolute atomic E-state index is 11.8. The van der Waals surface area contributed by atoms with Crippen LogP contribution in [0.15, 0.2) is 47.5 Å². The van der Waals surface area contributed by atoms with Crippen molar-refractivity contribution in [2.24, 2.45) is 0 Å². The third-order valence-corrected chi connectivity index (χ3v) is 3.05. The zero-order valence-electron chi connectivity index (χ0n) is 11.8. The third-order valence-electron chi connectivity index (χ3n) is 3.05. The number of nitrogens with zero attached hydrogens (tertiary/aromatic N) is 2. The van der Waals surface area contributed by atoms with Gasteiger partial charge in [0.05, 0.1) is 17.7 Å². The van der Waals surface area contributed by atoms with Gasteiger partial charge in [-0.3, -0.25) is 9.78 Å². The summed E-state index contributed by atoms with van der Waals surface area (Å²) < 4.78 is 5.65. The fraction of sp³-hybridized carbons (Fsp3) is 0.188. The van der Waals surface area contributed by atoms with Gasteiger partial charge in [0.2, 0.25) is 0 Å². The maximum atomic E-state index is 11.8. The molecule has 0 atom stereocenters. The lowest BCUT2D eigenvalue weighted by Crippen LogP contribution is -2.09. The Morgan fingerprint density at radius 2 is 1.90 bits per heavy atom. The van der Waals surface area contributed by atoms with Gasteiger partial charge in [-0.05, 0) is 26.0 Å². The Bertz CT molecular complexity index is 840. The first kappa shape index (κ1) is 13.3. The fourth-order valence-electron chi connectivity index (χ4n) is 2.22. The first-order valence-corrected chi connectivity index (χ1v) is 6.74. The summed E-state index contributed by atoms with van der Waals surface area (Å²) in [5.74, 6) is 0.680. The van der Waals surface area contributed by atoms with E-state index in [1.807, 2.05) is 38.1 Å². The summed E-state index contributed by atoms with van der Waals surface area (Å²) in [6.07, 6.45) is 3.44. The van der Waals surface area contributed by atoms with Gasteiger partial charge in [-0.15, -0.1) is 0 Å². The summed E-state index contributed by atoms with van der Waals surface area (Å²) in [5, 5.41) is 8.10. The normalized spacial score (nSPS) is 11.0. The van der Waals surface area contributed by atoms with E-state index in [-0.39, 0.29) is 11.7 Å². The molecule has 0 unspecified atom stereocenters. The van der Waals surface area contributed by atoms with Gasteiger partial charge in [0.25, 0.3) is 5.56 Å². The summed E-state index contributed by atoms with van der Waals surface area (Å²) in [7, 11) is 0. The van der Waals surface area contributed by atoms with Crippen molar-refractivity contribution in [2.75, 3.05) is 0 Å². The second-order valence-corrected chi connectivity index (χ2v) is 5.02. The summed E-state index contributed by atoms with van der Waals surface area (Å²) in [6, 6.07) is 9.25. The molecule has 5 heteroatoms. The molecular formula is C16H15N3O2. The van der Waals surface area contributed by atoms with Gasteiger partial charge < -0.3 is 4.74 Å². The second-order valence-electron chi connectivity index (χ2n) is 5.02. The molecule has 0 saturated heterocycles. The molecule has 0 fully saturated rings. The number of aromatic amines is 1. The van der Waals surface area contributed by atoms with Crippen LogP contribution in [0, 0.1) is 0 Å². The molecule has 2 heterocycles. The highest BCUT2D eigenvalue weighted by atomic mass is 16.5. The standard InChI is InChI=1S/C16H15N3O2/c1-10(2)21-12-7-11(8-17-9-12)15-13-5-3-4-6-14(13)16(20)19-18-15/h3-10H,1-2H3,(H,19,20). The lowest BCUT2D eigenvalue weighted by Gasteiger charge is -2.10. The van der Waals surface area contributed by atoms with Crippen molar-refractivity contribution < 1.29 is 4.74 Å². The van der Waals surface area contributed by atoms with Gasteiger partial charge in [-0.2, -0.15) is 5.10 Å². The van der Waals surface area contributed by atoms with E-state index in [1.54, 1.807) is 18.5 Å². The first-order chi connectivity index (χ1) is 10.1. The molecule has 3 aromatic rings. The molecule has 1 aromatic carbocycles. The molecule has 106 valence electrons. The molecule has 0 aliphatic rings. The Labute approximate surface area is 121 Å². The Morgan fingerprint density at radius 3 is 2.67 bits per heavy atom. The Morgan fingerprint density at radius 1 is 1.14 bits per heavy atom. The lowest BCUT2D eigenvalue weighted by atomic mass is 10.1. The first-order valence-electron chi connectivity index (χ1n) is 6.74. The van der Waals surface area contributed by atoms with Crippen LogP contribution in [0.1, 0.15) is 13.8 Å². The van der Waals surface area contributed by atoms with Crippen molar-refractivity contribution in [3.05, 3.63) is 53.1 Å². The number of ether oxygens (including phenoxy) is 1. The number of hydrogen-bond donors (Lipinski definition) is 1. The number of hydrogen-bond acceptors (Lipinski definition) is 4. The van der Waals surface area contributed by atoms with E-state index in [9.17, 15) is 4.79 Å². The van der Waals surface area contributed by atoms with Gasteiger partial charge in [0, 0.05) is 17.1 Å². The minimum atomic E-state index is -0.197. The van der Waals surface area contributed by atoms with Crippen LogP contribution in [0.2, 0.25) is 0 Å². The third kappa shape index (κ3) is 2.63. The van der Waals surface area contributed by atoms with Crippen LogP contribution >= 0.6 is 0 Å². The number of H-pyrrole nitrogens is 1. The van der Waals surface area contributed by atoms with Crippen molar-refractivity contribution in [3.63, 3.8) is 0 Å². The van der Waals surface area contributed by atoms with Crippen LogP contribution in [-0.4, -0.2) is 21.3 Å². The number of fused-ring (bicyclic) bond motifs is 1. The van der Waals surface area contributed by atoms with Crippen molar-refractivity contribution in [2.45, 2.75) is 20.0 Å². The second kappa shape index (κ2) is 5.36. The predicted molar refractivity (Wildman–Crippen MR) is 81.4 cm³/mol. The number of benzene rings is 1. The highest BCUT2D eigenvalue weighted by molar-refractivity contribution is 5.93. The summed E-state index contributed by atoms with van der Waals surface area (Å²) in [6.45, 7) is 3.92. The largest absolute Gasteiger partial charge is 0.489 e. The SMILES string of the molecule is CC(C)Oc1cncc(-c2n[nH]c(=O)c3ccccc23)c1. The Balaban J connectivity index is 2.17. The molecule has 0 saturated carbocycles.